The zero-order valence-corrected chi connectivity index (χ0v) is 8.34. The lowest BCUT2D eigenvalue weighted by Crippen LogP contribution is -2.06. The van der Waals surface area contributed by atoms with E-state index in [9.17, 15) is 9.59 Å². The minimum absolute atomic E-state index is 0.268. The van der Waals surface area contributed by atoms with E-state index in [0.29, 0.717) is 5.56 Å². The number of amides is 1. The SMILES string of the molecule is CCOC(=O)C=NC(=O)c1ccccc1. The minimum Gasteiger partial charge on any atom is -0.462 e. The number of rotatable bonds is 3. The summed E-state index contributed by atoms with van der Waals surface area (Å²) >= 11 is 0. The molecule has 15 heavy (non-hydrogen) atoms. The van der Waals surface area contributed by atoms with E-state index in [-0.39, 0.29) is 6.61 Å². The predicted octanol–water partition coefficient (Wildman–Crippen LogP) is 1.46. The first kappa shape index (κ1) is 11.1. The van der Waals surface area contributed by atoms with Crippen molar-refractivity contribution in [1.29, 1.82) is 0 Å². The van der Waals surface area contributed by atoms with Gasteiger partial charge in [0.1, 0.15) is 6.21 Å². The van der Waals surface area contributed by atoms with Gasteiger partial charge in [0, 0.05) is 5.56 Å². The van der Waals surface area contributed by atoms with Crippen LogP contribution in [0.3, 0.4) is 0 Å². The number of ether oxygens (including phenoxy) is 1. The van der Waals surface area contributed by atoms with Gasteiger partial charge < -0.3 is 4.74 Å². The Labute approximate surface area is 87.6 Å². The molecule has 4 nitrogen and oxygen atoms in total. The molecule has 1 rings (SSSR count). The summed E-state index contributed by atoms with van der Waals surface area (Å²) in [5.41, 5.74) is 0.443. The van der Waals surface area contributed by atoms with Crippen LogP contribution in [0.2, 0.25) is 0 Å². The zero-order chi connectivity index (χ0) is 11.1. The average molecular weight is 205 g/mol. The average Bonchev–Trinajstić information content (AvgIpc) is 2.27. The van der Waals surface area contributed by atoms with Crippen molar-refractivity contribution in [2.24, 2.45) is 4.99 Å². The number of esters is 1. The number of hydrogen-bond donors (Lipinski definition) is 0. The van der Waals surface area contributed by atoms with E-state index in [1.54, 1.807) is 37.3 Å². The van der Waals surface area contributed by atoms with Crippen LogP contribution in [0, 0.1) is 0 Å². The van der Waals surface area contributed by atoms with Crippen LogP contribution < -0.4 is 0 Å². The molecule has 0 spiro atoms. The number of benzene rings is 1. The van der Waals surface area contributed by atoms with Crippen LogP contribution in [-0.2, 0) is 9.53 Å². The van der Waals surface area contributed by atoms with Gasteiger partial charge >= 0.3 is 5.97 Å². The minimum atomic E-state index is -0.609. The largest absolute Gasteiger partial charge is 0.462 e. The molecule has 4 heteroatoms. The van der Waals surface area contributed by atoms with E-state index in [1.165, 1.54) is 0 Å². The number of aliphatic imine (C=N–C) groups is 1. The van der Waals surface area contributed by atoms with Gasteiger partial charge in [0.15, 0.2) is 0 Å². The first-order valence-corrected chi connectivity index (χ1v) is 4.54. The first-order chi connectivity index (χ1) is 7.24. The highest BCUT2D eigenvalue weighted by atomic mass is 16.5. The molecule has 0 radical (unpaired) electrons. The van der Waals surface area contributed by atoms with Crippen molar-refractivity contribution in [3.63, 3.8) is 0 Å². The maximum absolute atomic E-state index is 11.3. The van der Waals surface area contributed by atoms with Crippen molar-refractivity contribution in [1.82, 2.24) is 0 Å². The summed E-state index contributed by atoms with van der Waals surface area (Å²) in [5, 5.41) is 0. The fourth-order valence-electron chi connectivity index (χ4n) is 0.946. The van der Waals surface area contributed by atoms with Gasteiger partial charge in [0.05, 0.1) is 6.61 Å². The molecular weight excluding hydrogens is 194 g/mol. The lowest BCUT2D eigenvalue weighted by Gasteiger charge is -1.94. The van der Waals surface area contributed by atoms with Crippen molar-refractivity contribution in [2.45, 2.75) is 6.92 Å². The van der Waals surface area contributed by atoms with Crippen molar-refractivity contribution >= 4 is 18.1 Å². The van der Waals surface area contributed by atoms with Crippen LogP contribution in [0.4, 0.5) is 0 Å². The van der Waals surface area contributed by atoms with Gasteiger partial charge in [-0.1, -0.05) is 18.2 Å². The summed E-state index contributed by atoms with van der Waals surface area (Å²) in [5.74, 6) is -1.06. The van der Waals surface area contributed by atoms with Gasteiger partial charge in [0.2, 0.25) is 0 Å². The maximum atomic E-state index is 11.3. The van der Waals surface area contributed by atoms with Gasteiger partial charge in [-0.25, -0.2) is 9.79 Å². The Hall–Kier alpha value is -1.97. The molecule has 78 valence electrons. The highest BCUT2D eigenvalue weighted by Gasteiger charge is 2.02. The van der Waals surface area contributed by atoms with Crippen molar-refractivity contribution in [3.05, 3.63) is 35.9 Å². The van der Waals surface area contributed by atoms with Crippen molar-refractivity contribution in [2.75, 3.05) is 6.61 Å². The quantitative estimate of drug-likeness (QED) is 0.554. The molecule has 0 aliphatic carbocycles. The topological polar surface area (TPSA) is 55.7 Å². The Morgan fingerprint density at radius 1 is 1.33 bits per heavy atom. The molecule has 1 aromatic carbocycles. The lowest BCUT2D eigenvalue weighted by molar-refractivity contribution is -0.134. The standard InChI is InChI=1S/C11H11NO3/c1-2-15-10(13)8-12-11(14)9-6-4-3-5-7-9/h3-8H,2H2,1H3. The first-order valence-electron chi connectivity index (χ1n) is 4.54. The Balaban J connectivity index is 2.60. The Bertz CT molecular complexity index is 371. The molecule has 0 aliphatic heterocycles. The Morgan fingerprint density at radius 2 is 2.00 bits per heavy atom. The third kappa shape index (κ3) is 3.72. The number of nitrogens with zero attached hydrogens (tertiary/aromatic N) is 1. The van der Waals surface area contributed by atoms with Crippen molar-refractivity contribution in [3.8, 4) is 0 Å². The molecule has 0 fully saturated rings. The number of carbonyl (C=O) groups is 2. The van der Waals surface area contributed by atoms with E-state index in [1.807, 2.05) is 0 Å². The molecule has 0 aliphatic rings. The van der Waals surface area contributed by atoms with Crippen LogP contribution in [-0.4, -0.2) is 24.7 Å². The van der Waals surface area contributed by atoms with Gasteiger partial charge in [-0.3, -0.25) is 4.79 Å². The number of carbonyl (C=O) groups excluding carboxylic acids is 2. The molecule has 0 saturated heterocycles. The van der Waals surface area contributed by atoms with Gasteiger partial charge in [-0.05, 0) is 19.1 Å². The smallest absolute Gasteiger partial charge is 0.349 e. The predicted molar refractivity (Wildman–Crippen MR) is 55.9 cm³/mol. The van der Waals surface area contributed by atoms with Crippen LogP contribution in [0.5, 0.6) is 0 Å². The normalized spacial score (nSPS) is 10.2. The second-order valence-corrected chi connectivity index (χ2v) is 2.68. The molecule has 0 bridgehead atoms. The second-order valence-electron chi connectivity index (χ2n) is 2.68. The van der Waals surface area contributed by atoms with Gasteiger partial charge in [-0.2, -0.15) is 0 Å². The van der Waals surface area contributed by atoms with Crippen LogP contribution in [0.1, 0.15) is 17.3 Å². The van der Waals surface area contributed by atoms with Crippen LogP contribution >= 0.6 is 0 Å². The fraction of sp³-hybridized carbons (Fsp3) is 0.182. The Kier molecular flexibility index (Phi) is 4.22. The van der Waals surface area contributed by atoms with Crippen molar-refractivity contribution < 1.29 is 14.3 Å². The highest BCUT2D eigenvalue weighted by molar-refractivity contribution is 6.26. The van der Waals surface area contributed by atoms with Crippen LogP contribution in [0.15, 0.2) is 35.3 Å². The monoisotopic (exact) mass is 205 g/mol. The zero-order valence-electron chi connectivity index (χ0n) is 8.34. The molecule has 0 atom stereocenters. The third-order valence-electron chi connectivity index (χ3n) is 1.59. The highest BCUT2D eigenvalue weighted by Crippen LogP contribution is 1.99. The molecule has 0 unspecified atom stereocenters. The molecule has 0 aromatic heterocycles. The maximum Gasteiger partial charge on any atom is 0.349 e. The molecule has 1 aromatic rings. The third-order valence-corrected chi connectivity index (χ3v) is 1.59. The van der Waals surface area contributed by atoms with E-state index < -0.39 is 11.9 Å². The fourth-order valence-corrected chi connectivity index (χ4v) is 0.946. The molecule has 0 N–H and O–H groups in total. The van der Waals surface area contributed by atoms with E-state index in [4.69, 9.17) is 0 Å². The Morgan fingerprint density at radius 3 is 2.60 bits per heavy atom. The molecule has 0 saturated carbocycles. The van der Waals surface area contributed by atoms with Crippen LogP contribution in [0.25, 0.3) is 0 Å². The van der Waals surface area contributed by atoms with E-state index >= 15 is 0 Å². The molecule has 1 amide bonds. The summed E-state index contributed by atoms with van der Waals surface area (Å²) in [7, 11) is 0. The number of hydrogen-bond acceptors (Lipinski definition) is 3. The second kappa shape index (κ2) is 5.70. The summed E-state index contributed by atoms with van der Waals surface area (Å²) in [4.78, 5) is 25.7. The summed E-state index contributed by atoms with van der Waals surface area (Å²) < 4.78 is 4.59. The summed E-state index contributed by atoms with van der Waals surface area (Å²) in [6.07, 6.45) is 0.888. The lowest BCUT2D eigenvalue weighted by atomic mass is 10.2. The molecule has 0 heterocycles. The molecular formula is C11H11NO3. The van der Waals surface area contributed by atoms with Gasteiger partial charge in [0.25, 0.3) is 5.91 Å². The van der Waals surface area contributed by atoms with E-state index in [2.05, 4.69) is 9.73 Å². The van der Waals surface area contributed by atoms with E-state index in [0.717, 1.165) is 6.21 Å². The summed E-state index contributed by atoms with van der Waals surface area (Å²) in [6, 6.07) is 8.52. The van der Waals surface area contributed by atoms with Gasteiger partial charge in [-0.15, -0.1) is 0 Å². The summed E-state index contributed by atoms with van der Waals surface area (Å²) in [6.45, 7) is 1.95.